The van der Waals surface area contributed by atoms with Gasteiger partial charge in [-0.3, -0.25) is 9.59 Å². The first-order valence-electron chi connectivity index (χ1n) is 5.68. The molecular weight excluding hydrogens is 222 g/mol. The summed E-state index contributed by atoms with van der Waals surface area (Å²) in [6.45, 7) is 1.51. The summed E-state index contributed by atoms with van der Waals surface area (Å²) in [5.74, 6) is 1.46. The molecule has 0 spiro atoms. The molecule has 94 valence electrons. The van der Waals surface area contributed by atoms with Crippen LogP contribution in [0, 0.1) is 12.3 Å². The minimum Gasteiger partial charge on any atom is -0.481 e. The molecule has 1 rings (SSSR count). The van der Waals surface area contributed by atoms with Crippen LogP contribution in [0.25, 0.3) is 0 Å². The van der Waals surface area contributed by atoms with E-state index in [2.05, 4.69) is 5.92 Å². The lowest BCUT2D eigenvalue weighted by Gasteiger charge is -2.31. The number of ether oxygens (including phenoxy) is 1. The van der Waals surface area contributed by atoms with Gasteiger partial charge in [0, 0.05) is 13.1 Å². The summed E-state index contributed by atoms with van der Waals surface area (Å²) in [6.07, 6.45) is 6.80. The average Bonchev–Trinajstić information content (AvgIpc) is 2.30. The number of nitrogens with zero attached hydrogens (tertiary/aromatic N) is 1. The quantitative estimate of drug-likeness (QED) is 0.709. The molecule has 0 radical (unpaired) electrons. The summed E-state index contributed by atoms with van der Waals surface area (Å²) < 4.78 is 5.42. The SMILES string of the molecule is C#CCC(=O)N1CCC(OCCC(=O)O)CC1. The highest BCUT2D eigenvalue weighted by molar-refractivity contribution is 5.78. The molecule has 0 saturated carbocycles. The highest BCUT2D eigenvalue weighted by Gasteiger charge is 2.22. The second kappa shape index (κ2) is 6.92. The van der Waals surface area contributed by atoms with E-state index in [1.165, 1.54) is 0 Å². The number of carboxylic acids is 1. The second-order valence-electron chi connectivity index (χ2n) is 3.98. The fourth-order valence-electron chi connectivity index (χ4n) is 1.78. The molecule has 0 aromatic rings. The smallest absolute Gasteiger partial charge is 0.305 e. The van der Waals surface area contributed by atoms with Gasteiger partial charge in [-0.2, -0.15) is 0 Å². The Hall–Kier alpha value is -1.54. The largest absolute Gasteiger partial charge is 0.481 e. The van der Waals surface area contributed by atoms with E-state index in [1.54, 1.807) is 4.90 Å². The van der Waals surface area contributed by atoms with Crippen molar-refractivity contribution in [2.24, 2.45) is 0 Å². The summed E-state index contributed by atoms with van der Waals surface area (Å²) >= 11 is 0. The van der Waals surface area contributed by atoms with E-state index in [0.717, 1.165) is 12.8 Å². The van der Waals surface area contributed by atoms with E-state index in [1.807, 2.05) is 0 Å². The number of hydrogen-bond donors (Lipinski definition) is 1. The van der Waals surface area contributed by atoms with Crippen molar-refractivity contribution in [2.45, 2.75) is 31.8 Å². The van der Waals surface area contributed by atoms with Gasteiger partial charge in [0.2, 0.25) is 5.91 Å². The summed E-state index contributed by atoms with van der Waals surface area (Å²) in [6, 6.07) is 0. The van der Waals surface area contributed by atoms with E-state index >= 15 is 0 Å². The molecule has 1 N–H and O–H groups in total. The number of amides is 1. The number of likely N-dealkylation sites (tertiary alicyclic amines) is 1. The van der Waals surface area contributed by atoms with Crippen LogP contribution in [0.3, 0.4) is 0 Å². The Bertz CT molecular complexity index is 313. The molecule has 1 saturated heterocycles. The zero-order valence-electron chi connectivity index (χ0n) is 9.72. The van der Waals surface area contributed by atoms with Gasteiger partial charge in [0.05, 0.1) is 25.6 Å². The Kier molecular flexibility index (Phi) is 5.50. The number of aliphatic carboxylic acids is 1. The van der Waals surface area contributed by atoms with Gasteiger partial charge in [0.1, 0.15) is 0 Å². The molecule has 0 aliphatic carbocycles. The van der Waals surface area contributed by atoms with Crippen molar-refractivity contribution >= 4 is 11.9 Å². The van der Waals surface area contributed by atoms with Gasteiger partial charge >= 0.3 is 5.97 Å². The summed E-state index contributed by atoms with van der Waals surface area (Å²) in [5, 5.41) is 8.47. The zero-order chi connectivity index (χ0) is 12.7. The number of terminal acetylenes is 1. The molecule has 1 amide bonds. The fourth-order valence-corrected chi connectivity index (χ4v) is 1.78. The number of rotatable bonds is 5. The minimum atomic E-state index is -0.855. The van der Waals surface area contributed by atoms with Crippen molar-refractivity contribution in [1.82, 2.24) is 4.90 Å². The van der Waals surface area contributed by atoms with Crippen LogP contribution < -0.4 is 0 Å². The van der Waals surface area contributed by atoms with Crippen LogP contribution in [0.1, 0.15) is 25.7 Å². The van der Waals surface area contributed by atoms with Crippen LogP contribution in [-0.2, 0) is 14.3 Å². The van der Waals surface area contributed by atoms with Gasteiger partial charge in [0.25, 0.3) is 0 Å². The summed E-state index contributed by atoms with van der Waals surface area (Å²) in [7, 11) is 0. The lowest BCUT2D eigenvalue weighted by atomic mass is 10.1. The van der Waals surface area contributed by atoms with Crippen LogP contribution in [0.15, 0.2) is 0 Å². The Morgan fingerprint density at radius 1 is 1.41 bits per heavy atom. The van der Waals surface area contributed by atoms with Crippen LogP contribution in [0.5, 0.6) is 0 Å². The van der Waals surface area contributed by atoms with Gasteiger partial charge in [-0.1, -0.05) is 5.92 Å². The maximum atomic E-state index is 11.5. The lowest BCUT2D eigenvalue weighted by molar-refractivity contribution is -0.139. The molecule has 1 fully saturated rings. The predicted octanol–water partition coefficient (Wildman–Crippen LogP) is 0.492. The molecule has 1 heterocycles. The van der Waals surface area contributed by atoms with Crippen molar-refractivity contribution in [1.29, 1.82) is 0 Å². The standard InChI is InChI=1S/C12H17NO4/c1-2-3-11(14)13-7-4-10(5-8-13)17-9-6-12(15)16/h1,10H,3-9H2,(H,15,16). The van der Waals surface area contributed by atoms with Crippen molar-refractivity contribution in [3.8, 4) is 12.3 Å². The van der Waals surface area contributed by atoms with Gasteiger partial charge in [-0.25, -0.2) is 0 Å². The van der Waals surface area contributed by atoms with Crippen LogP contribution in [0.2, 0.25) is 0 Å². The third kappa shape index (κ3) is 4.87. The summed E-state index contributed by atoms with van der Waals surface area (Å²) in [5.41, 5.74) is 0. The molecule has 0 unspecified atom stereocenters. The Labute approximate surface area is 101 Å². The molecule has 0 aromatic heterocycles. The van der Waals surface area contributed by atoms with Gasteiger partial charge < -0.3 is 14.7 Å². The first-order chi connectivity index (χ1) is 8.13. The first kappa shape index (κ1) is 13.5. The van der Waals surface area contributed by atoms with Gasteiger partial charge in [-0.05, 0) is 12.8 Å². The van der Waals surface area contributed by atoms with E-state index in [-0.39, 0.29) is 31.5 Å². The van der Waals surface area contributed by atoms with Gasteiger partial charge in [-0.15, -0.1) is 6.42 Å². The Morgan fingerprint density at radius 3 is 2.59 bits per heavy atom. The lowest BCUT2D eigenvalue weighted by Crippen LogP contribution is -2.40. The van der Waals surface area contributed by atoms with Crippen LogP contribution in [0.4, 0.5) is 0 Å². The molecule has 0 bridgehead atoms. The molecule has 0 aromatic carbocycles. The highest BCUT2D eigenvalue weighted by atomic mass is 16.5. The number of carboxylic acid groups (broad SMARTS) is 1. The maximum Gasteiger partial charge on any atom is 0.305 e. The fraction of sp³-hybridized carbons (Fsp3) is 0.667. The molecule has 5 nitrogen and oxygen atoms in total. The molecule has 5 heteroatoms. The van der Waals surface area contributed by atoms with Crippen molar-refractivity contribution < 1.29 is 19.4 Å². The minimum absolute atomic E-state index is 0.0171. The van der Waals surface area contributed by atoms with Crippen LogP contribution in [-0.4, -0.2) is 47.7 Å². The molecular formula is C12H17NO4. The molecule has 1 aliphatic rings. The number of carbonyl (C=O) groups excluding carboxylic acids is 1. The highest BCUT2D eigenvalue weighted by Crippen LogP contribution is 2.14. The maximum absolute atomic E-state index is 11.5. The predicted molar refractivity (Wildman–Crippen MR) is 61.3 cm³/mol. The van der Waals surface area contributed by atoms with Crippen molar-refractivity contribution in [3.05, 3.63) is 0 Å². The van der Waals surface area contributed by atoms with E-state index in [4.69, 9.17) is 16.3 Å². The number of hydrogen-bond acceptors (Lipinski definition) is 3. The normalized spacial score (nSPS) is 16.5. The Morgan fingerprint density at radius 2 is 2.06 bits per heavy atom. The van der Waals surface area contributed by atoms with Crippen molar-refractivity contribution in [3.63, 3.8) is 0 Å². The zero-order valence-corrected chi connectivity index (χ0v) is 9.72. The third-order valence-corrected chi connectivity index (χ3v) is 2.72. The van der Waals surface area contributed by atoms with E-state index < -0.39 is 5.97 Å². The first-order valence-corrected chi connectivity index (χ1v) is 5.68. The van der Waals surface area contributed by atoms with Gasteiger partial charge in [0.15, 0.2) is 0 Å². The number of piperidine rings is 1. The third-order valence-electron chi connectivity index (χ3n) is 2.72. The number of carbonyl (C=O) groups is 2. The van der Waals surface area contributed by atoms with Crippen molar-refractivity contribution in [2.75, 3.05) is 19.7 Å². The molecule has 0 atom stereocenters. The monoisotopic (exact) mass is 239 g/mol. The van der Waals surface area contributed by atoms with Crippen LogP contribution >= 0.6 is 0 Å². The van der Waals surface area contributed by atoms with E-state index in [0.29, 0.717) is 13.1 Å². The average molecular weight is 239 g/mol. The topological polar surface area (TPSA) is 66.8 Å². The molecule has 17 heavy (non-hydrogen) atoms. The summed E-state index contributed by atoms with van der Waals surface area (Å²) in [4.78, 5) is 23.5. The van der Waals surface area contributed by atoms with E-state index in [9.17, 15) is 9.59 Å². The Balaban J connectivity index is 2.19. The molecule has 1 aliphatic heterocycles. The second-order valence-corrected chi connectivity index (χ2v) is 3.98.